The van der Waals surface area contributed by atoms with Gasteiger partial charge in [-0.3, -0.25) is 14.9 Å². The number of hydrogen-bond acceptors (Lipinski definition) is 6. The molecule has 0 aliphatic carbocycles. The van der Waals surface area contributed by atoms with E-state index in [-0.39, 0.29) is 34.2 Å². The lowest BCUT2D eigenvalue weighted by molar-refractivity contribution is -0.384. The molecule has 0 spiro atoms. The Labute approximate surface area is 206 Å². The zero-order valence-corrected chi connectivity index (χ0v) is 19.6. The number of hydrogen-bond donors (Lipinski definition) is 1. The minimum absolute atomic E-state index is 0.0215. The van der Waals surface area contributed by atoms with Crippen LogP contribution in [-0.4, -0.2) is 25.4 Å². The Morgan fingerprint density at radius 3 is 2.57 bits per heavy atom. The second-order valence-corrected chi connectivity index (χ2v) is 8.43. The predicted octanol–water partition coefficient (Wildman–Crippen LogP) is 6.24. The number of amides is 1. The number of rotatable bonds is 6. The number of nitrogens with one attached hydrogen (secondary N) is 1. The molecule has 35 heavy (non-hydrogen) atoms. The van der Waals surface area contributed by atoms with Crippen molar-refractivity contribution in [2.75, 3.05) is 5.32 Å². The summed E-state index contributed by atoms with van der Waals surface area (Å²) < 4.78 is 34.1. The number of alkyl halides is 3. The number of aryl methyl sites for hydroxylation is 2. The average molecular weight is 522 g/mol. The maximum Gasteiger partial charge on any atom is 0.364 e. The van der Waals surface area contributed by atoms with E-state index in [1.54, 1.807) is 25.1 Å². The Bertz CT molecular complexity index is 1490. The predicted molar refractivity (Wildman–Crippen MR) is 125 cm³/mol. The number of nitro benzene ring substituents is 1. The number of ether oxygens (including phenoxy) is 1. The minimum atomic E-state index is -3.75. The van der Waals surface area contributed by atoms with Gasteiger partial charge in [0, 0.05) is 28.9 Å². The lowest BCUT2D eigenvalue weighted by Gasteiger charge is -2.11. The first-order valence-corrected chi connectivity index (χ1v) is 10.7. The van der Waals surface area contributed by atoms with Crippen LogP contribution in [-0.2, 0) is 5.38 Å². The first-order chi connectivity index (χ1) is 16.4. The van der Waals surface area contributed by atoms with Gasteiger partial charge >= 0.3 is 5.38 Å². The Morgan fingerprint density at radius 2 is 1.91 bits per heavy atom. The summed E-state index contributed by atoms with van der Waals surface area (Å²) in [6, 6.07) is 10.8. The number of aromatic nitrogens is 3. The largest absolute Gasteiger partial charge is 0.457 e. The molecule has 0 atom stereocenters. The summed E-state index contributed by atoms with van der Waals surface area (Å²) in [6.45, 7) is 3.24. The summed E-state index contributed by atoms with van der Waals surface area (Å²) in [5.74, 6) is -0.328. The van der Waals surface area contributed by atoms with Crippen LogP contribution in [0, 0.1) is 24.0 Å². The quantitative estimate of drug-likeness (QED) is 0.182. The monoisotopic (exact) mass is 521 g/mol. The number of carbonyl (C=O) groups excluding carboxylic acids is 1. The van der Waals surface area contributed by atoms with Crippen molar-refractivity contribution in [3.05, 3.63) is 86.3 Å². The number of fused-ring (bicyclic) bond motifs is 1. The molecular weight excluding hydrogens is 507 g/mol. The lowest BCUT2D eigenvalue weighted by Crippen LogP contribution is -2.15. The van der Waals surface area contributed by atoms with Gasteiger partial charge in [-0.2, -0.15) is 13.9 Å². The van der Waals surface area contributed by atoms with Gasteiger partial charge in [0.15, 0.2) is 11.3 Å². The summed E-state index contributed by atoms with van der Waals surface area (Å²) in [5.41, 5.74) is -0.327. The Morgan fingerprint density at radius 1 is 1.17 bits per heavy atom. The highest BCUT2D eigenvalue weighted by atomic mass is 35.5. The normalized spacial score (nSPS) is 11.5. The van der Waals surface area contributed by atoms with E-state index in [0.717, 1.165) is 16.6 Å². The van der Waals surface area contributed by atoms with Crippen molar-refractivity contribution < 1.29 is 23.2 Å². The number of carbonyl (C=O) groups is 1. The fourth-order valence-electron chi connectivity index (χ4n) is 3.28. The van der Waals surface area contributed by atoms with Gasteiger partial charge in [0.05, 0.1) is 16.7 Å². The smallest absolute Gasteiger partial charge is 0.364 e. The van der Waals surface area contributed by atoms with Crippen molar-refractivity contribution in [2.24, 2.45) is 0 Å². The van der Waals surface area contributed by atoms with Crippen molar-refractivity contribution in [1.82, 2.24) is 14.6 Å². The number of halogens is 4. The lowest BCUT2D eigenvalue weighted by atomic mass is 10.2. The van der Waals surface area contributed by atoms with Crippen molar-refractivity contribution >= 4 is 46.1 Å². The summed E-state index contributed by atoms with van der Waals surface area (Å²) in [7, 11) is 0. The fraction of sp³-hybridized carbons (Fsp3) is 0.136. The maximum absolute atomic E-state index is 13.8. The highest BCUT2D eigenvalue weighted by Crippen LogP contribution is 2.34. The molecule has 0 saturated carbocycles. The third-order valence-corrected chi connectivity index (χ3v) is 5.23. The topological polar surface area (TPSA) is 112 Å². The second-order valence-electron chi connectivity index (χ2n) is 7.52. The number of non-ortho nitro benzene ring substituents is 1. The highest BCUT2D eigenvalue weighted by molar-refractivity contribution is 6.30. The molecule has 9 nitrogen and oxygen atoms in total. The molecule has 13 heteroatoms. The number of nitrogens with zero attached hydrogens (tertiary/aromatic N) is 4. The molecule has 0 bridgehead atoms. The highest BCUT2D eigenvalue weighted by Gasteiger charge is 2.32. The van der Waals surface area contributed by atoms with Gasteiger partial charge in [0.1, 0.15) is 17.2 Å². The molecule has 180 valence electrons. The van der Waals surface area contributed by atoms with Gasteiger partial charge in [0.25, 0.3) is 11.6 Å². The van der Waals surface area contributed by atoms with E-state index < -0.39 is 21.9 Å². The van der Waals surface area contributed by atoms with Gasteiger partial charge in [-0.05, 0) is 55.3 Å². The van der Waals surface area contributed by atoms with Crippen LogP contribution in [0.4, 0.5) is 20.2 Å². The van der Waals surface area contributed by atoms with E-state index >= 15 is 0 Å². The van der Waals surface area contributed by atoms with E-state index in [1.165, 1.54) is 25.1 Å². The molecule has 0 aliphatic rings. The first-order valence-electron chi connectivity index (χ1n) is 9.90. The van der Waals surface area contributed by atoms with Crippen LogP contribution in [0.1, 0.15) is 27.4 Å². The van der Waals surface area contributed by atoms with Crippen LogP contribution in [0.25, 0.3) is 5.65 Å². The van der Waals surface area contributed by atoms with E-state index in [1.807, 2.05) is 0 Å². The Hall–Kier alpha value is -3.83. The van der Waals surface area contributed by atoms with E-state index in [9.17, 15) is 23.7 Å². The van der Waals surface area contributed by atoms with Crippen molar-refractivity contribution in [3.63, 3.8) is 0 Å². The maximum atomic E-state index is 13.8. The molecule has 0 unspecified atom stereocenters. The van der Waals surface area contributed by atoms with Gasteiger partial charge < -0.3 is 10.1 Å². The Balaban J connectivity index is 1.67. The third kappa shape index (κ3) is 5.31. The summed E-state index contributed by atoms with van der Waals surface area (Å²) in [6.07, 6.45) is 0. The molecule has 4 rings (SSSR count). The molecule has 0 radical (unpaired) electrons. The summed E-state index contributed by atoms with van der Waals surface area (Å²) >= 11 is 11.1. The zero-order chi connectivity index (χ0) is 25.5. The molecule has 0 fully saturated rings. The standard InChI is InChI=1S/C22H15Cl2F2N5O4/c1-11-5-13(23)3-4-18(11)35-16-8-14(7-15(9-16)31(33)34)28-21(32)17-10-20-27-12(2)6-19(22(24,25)26)30(20)29-17/h3-10H,1-2H3,(H,28,32). The zero-order valence-electron chi connectivity index (χ0n) is 18.1. The third-order valence-electron chi connectivity index (χ3n) is 4.80. The number of nitro groups is 1. The SMILES string of the molecule is Cc1cc(C(F)(F)Cl)n2nc(C(=O)Nc3cc(Oc4ccc(Cl)cc4C)cc([N+](=O)[O-])c3)cc2n1. The molecule has 4 aromatic rings. The molecule has 1 N–H and O–H groups in total. The van der Waals surface area contributed by atoms with Gasteiger partial charge in [-0.15, -0.1) is 0 Å². The number of anilines is 1. The first kappa shape index (κ1) is 24.3. The van der Waals surface area contributed by atoms with Crippen molar-refractivity contribution in [1.29, 1.82) is 0 Å². The van der Waals surface area contributed by atoms with Crippen LogP contribution in [0.3, 0.4) is 0 Å². The van der Waals surface area contributed by atoms with Crippen LogP contribution >= 0.6 is 23.2 Å². The van der Waals surface area contributed by atoms with E-state index in [0.29, 0.717) is 16.3 Å². The molecule has 0 saturated heterocycles. The van der Waals surface area contributed by atoms with Gasteiger partial charge in [-0.1, -0.05) is 11.6 Å². The fourth-order valence-corrected chi connectivity index (χ4v) is 3.64. The van der Waals surface area contributed by atoms with Crippen LogP contribution in [0.2, 0.25) is 5.02 Å². The molecule has 2 heterocycles. The molecular formula is C22H15Cl2F2N5O4. The summed E-state index contributed by atoms with van der Waals surface area (Å²) in [5, 5.41) is 14.5. The Kier molecular flexibility index (Phi) is 6.30. The second kappa shape index (κ2) is 9.08. The average Bonchev–Trinajstić information content (AvgIpc) is 3.18. The van der Waals surface area contributed by atoms with Crippen molar-refractivity contribution in [3.8, 4) is 11.5 Å². The molecule has 2 aromatic carbocycles. The van der Waals surface area contributed by atoms with Crippen molar-refractivity contribution in [2.45, 2.75) is 19.2 Å². The minimum Gasteiger partial charge on any atom is -0.457 e. The molecule has 1 amide bonds. The summed E-state index contributed by atoms with van der Waals surface area (Å²) in [4.78, 5) is 27.7. The molecule has 0 aliphatic heterocycles. The van der Waals surface area contributed by atoms with E-state index in [2.05, 4.69) is 15.4 Å². The van der Waals surface area contributed by atoms with Crippen LogP contribution < -0.4 is 10.1 Å². The number of benzene rings is 2. The van der Waals surface area contributed by atoms with Crippen LogP contribution in [0.15, 0.2) is 48.5 Å². The van der Waals surface area contributed by atoms with Gasteiger partial charge in [-0.25, -0.2) is 9.50 Å². The molecule has 2 aromatic heterocycles. The van der Waals surface area contributed by atoms with Crippen LogP contribution in [0.5, 0.6) is 11.5 Å². The van der Waals surface area contributed by atoms with E-state index in [4.69, 9.17) is 27.9 Å². The van der Waals surface area contributed by atoms with Gasteiger partial charge in [0.2, 0.25) is 0 Å².